The maximum absolute atomic E-state index is 13.1. The van der Waals surface area contributed by atoms with E-state index in [4.69, 9.17) is 4.74 Å². The average molecular weight is 370 g/mol. The highest BCUT2D eigenvalue weighted by atomic mass is 32.1. The first-order valence-electron chi connectivity index (χ1n) is 9.11. The molecule has 3 heterocycles. The highest BCUT2D eigenvalue weighted by Crippen LogP contribution is 2.29. The molecule has 1 amide bonds. The molecule has 136 valence electrons. The van der Waals surface area contributed by atoms with E-state index in [0.717, 1.165) is 48.2 Å². The van der Waals surface area contributed by atoms with Gasteiger partial charge in [-0.25, -0.2) is 4.98 Å². The van der Waals surface area contributed by atoms with Crippen LogP contribution in [0.2, 0.25) is 0 Å². The number of Topliss-reactive ketones (excluding diaryl/α,β-unsaturated/α-hetero) is 1. The molecule has 0 spiro atoms. The number of hydrogen-bond acceptors (Lipinski definition) is 5. The fraction of sp³-hybridized carbons (Fsp3) is 0.450. The molecule has 1 fully saturated rings. The summed E-state index contributed by atoms with van der Waals surface area (Å²) in [7, 11) is 1.56. The summed E-state index contributed by atoms with van der Waals surface area (Å²) in [5.74, 6) is 0.353. The van der Waals surface area contributed by atoms with Crippen LogP contribution in [0, 0.1) is 5.92 Å². The summed E-state index contributed by atoms with van der Waals surface area (Å²) >= 11 is 1.47. The standard InChI is InChI=1S/C20H22N2O3S/c1-25-19-15(11-13-5-2-7-16(13)21-19)20(24)22-9-3-6-14(12-22)18(23)17-8-4-10-26-17/h4,8,10-11,14H,2-3,5-7,9,12H2,1H3/t14-/m1/s1. The summed E-state index contributed by atoms with van der Waals surface area (Å²) in [5, 5.41) is 1.92. The quantitative estimate of drug-likeness (QED) is 0.774. The number of rotatable bonds is 4. The topological polar surface area (TPSA) is 59.5 Å². The van der Waals surface area contributed by atoms with Gasteiger partial charge >= 0.3 is 0 Å². The van der Waals surface area contributed by atoms with E-state index in [9.17, 15) is 9.59 Å². The fourth-order valence-electron chi connectivity index (χ4n) is 3.93. The molecule has 1 atom stereocenters. The van der Waals surface area contributed by atoms with Gasteiger partial charge in [0.25, 0.3) is 5.91 Å². The van der Waals surface area contributed by atoms with Gasteiger partial charge in [0.15, 0.2) is 5.78 Å². The molecule has 0 bridgehead atoms. The molecule has 5 nitrogen and oxygen atoms in total. The molecule has 6 heteroatoms. The second-order valence-corrected chi connectivity index (χ2v) is 7.88. The van der Waals surface area contributed by atoms with Gasteiger partial charge < -0.3 is 9.64 Å². The number of likely N-dealkylation sites (tertiary alicyclic amines) is 1. The van der Waals surface area contributed by atoms with E-state index in [-0.39, 0.29) is 17.6 Å². The minimum absolute atomic E-state index is 0.0762. The number of aryl methyl sites for hydroxylation is 2. The number of ketones is 1. The number of pyridine rings is 1. The molecular weight excluding hydrogens is 348 g/mol. The highest BCUT2D eigenvalue weighted by molar-refractivity contribution is 7.12. The number of ether oxygens (including phenoxy) is 1. The lowest BCUT2D eigenvalue weighted by molar-refractivity contribution is 0.0635. The van der Waals surface area contributed by atoms with Crippen LogP contribution in [0.5, 0.6) is 5.88 Å². The van der Waals surface area contributed by atoms with Crippen molar-refractivity contribution in [3.63, 3.8) is 0 Å². The van der Waals surface area contributed by atoms with Crippen LogP contribution >= 0.6 is 11.3 Å². The molecule has 26 heavy (non-hydrogen) atoms. The van der Waals surface area contributed by atoms with E-state index < -0.39 is 0 Å². The minimum atomic E-state index is -0.125. The molecule has 0 radical (unpaired) electrons. The SMILES string of the molecule is COc1nc2c(cc1C(=O)N1CCC[C@@H](C(=O)c3cccs3)C1)CCC2. The summed E-state index contributed by atoms with van der Waals surface area (Å²) in [6.07, 6.45) is 4.66. The van der Waals surface area contributed by atoms with Crippen molar-refractivity contribution in [2.45, 2.75) is 32.1 Å². The number of fused-ring (bicyclic) bond motifs is 1. The number of amides is 1. The molecule has 1 aliphatic heterocycles. The molecular formula is C20H22N2O3S. The minimum Gasteiger partial charge on any atom is -0.480 e. The van der Waals surface area contributed by atoms with E-state index in [1.54, 1.807) is 12.0 Å². The fourth-order valence-corrected chi connectivity index (χ4v) is 4.67. The first-order chi connectivity index (χ1) is 12.7. The number of nitrogens with zero attached hydrogens (tertiary/aromatic N) is 2. The van der Waals surface area contributed by atoms with Crippen LogP contribution in [0.1, 0.15) is 50.5 Å². The first-order valence-corrected chi connectivity index (χ1v) is 9.99. The van der Waals surface area contributed by atoms with Gasteiger partial charge in [0, 0.05) is 24.7 Å². The van der Waals surface area contributed by atoms with Crippen molar-refractivity contribution in [1.29, 1.82) is 0 Å². The Hall–Kier alpha value is -2.21. The Bertz CT molecular complexity index is 832. The summed E-state index contributed by atoms with van der Waals surface area (Å²) in [6, 6.07) is 5.70. The molecule has 2 aromatic rings. The van der Waals surface area contributed by atoms with Crippen LogP contribution in [0.3, 0.4) is 0 Å². The third kappa shape index (κ3) is 3.14. The Balaban J connectivity index is 1.55. The van der Waals surface area contributed by atoms with Crippen molar-refractivity contribution >= 4 is 23.0 Å². The zero-order chi connectivity index (χ0) is 18.1. The number of piperidine rings is 1. The van der Waals surface area contributed by atoms with Gasteiger partial charge in [-0.05, 0) is 55.2 Å². The summed E-state index contributed by atoms with van der Waals surface area (Å²) in [5.41, 5.74) is 2.72. The van der Waals surface area contributed by atoms with Crippen LogP contribution in [-0.2, 0) is 12.8 Å². The van der Waals surface area contributed by atoms with E-state index in [2.05, 4.69) is 4.98 Å². The van der Waals surface area contributed by atoms with Crippen LogP contribution in [-0.4, -0.2) is 41.8 Å². The van der Waals surface area contributed by atoms with E-state index in [1.165, 1.54) is 11.3 Å². The zero-order valence-corrected chi connectivity index (χ0v) is 15.7. The maximum Gasteiger partial charge on any atom is 0.259 e. The zero-order valence-electron chi connectivity index (χ0n) is 14.9. The Morgan fingerprint density at radius 1 is 1.31 bits per heavy atom. The van der Waals surface area contributed by atoms with E-state index in [0.29, 0.717) is 24.5 Å². The van der Waals surface area contributed by atoms with Crippen molar-refractivity contribution < 1.29 is 14.3 Å². The summed E-state index contributed by atoms with van der Waals surface area (Å²) < 4.78 is 5.39. The van der Waals surface area contributed by atoms with Crippen molar-refractivity contribution in [1.82, 2.24) is 9.88 Å². The molecule has 1 aliphatic carbocycles. The molecule has 0 N–H and O–H groups in total. The number of carbonyl (C=O) groups is 2. The predicted molar refractivity (Wildman–Crippen MR) is 100 cm³/mol. The van der Waals surface area contributed by atoms with Gasteiger partial charge in [0.2, 0.25) is 5.88 Å². The molecule has 1 saturated heterocycles. The first kappa shape index (κ1) is 17.2. The third-order valence-electron chi connectivity index (χ3n) is 5.28. The Morgan fingerprint density at radius 2 is 2.19 bits per heavy atom. The molecule has 0 unspecified atom stereocenters. The van der Waals surface area contributed by atoms with Crippen LogP contribution < -0.4 is 4.74 Å². The normalized spacial score (nSPS) is 19.3. The van der Waals surface area contributed by atoms with Gasteiger partial charge in [-0.2, -0.15) is 0 Å². The number of thiophene rings is 1. The largest absolute Gasteiger partial charge is 0.480 e. The van der Waals surface area contributed by atoms with Crippen LogP contribution in [0.15, 0.2) is 23.6 Å². The summed E-state index contributed by atoms with van der Waals surface area (Å²) in [4.78, 5) is 32.9. The predicted octanol–water partition coefficient (Wildman–Crippen LogP) is 3.38. The second kappa shape index (κ2) is 7.19. The van der Waals surface area contributed by atoms with Gasteiger partial charge in [0.05, 0.1) is 12.0 Å². The third-order valence-corrected chi connectivity index (χ3v) is 6.17. The Morgan fingerprint density at radius 3 is 2.96 bits per heavy atom. The van der Waals surface area contributed by atoms with Crippen molar-refractivity contribution in [2.75, 3.05) is 20.2 Å². The lowest BCUT2D eigenvalue weighted by Gasteiger charge is -2.32. The molecule has 2 aromatic heterocycles. The van der Waals surface area contributed by atoms with Gasteiger partial charge in [-0.15, -0.1) is 11.3 Å². The summed E-state index contributed by atoms with van der Waals surface area (Å²) in [6.45, 7) is 1.14. The number of methoxy groups -OCH3 is 1. The van der Waals surface area contributed by atoms with Crippen LogP contribution in [0.4, 0.5) is 0 Å². The lowest BCUT2D eigenvalue weighted by atomic mass is 9.92. The van der Waals surface area contributed by atoms with Gasteiger partial charge in [-0.3, -0.25) is 9.59 Å². The Labute approximate surface area is 157 Å². The lowest BCUT2D eigenvalue weighted by Crippen LogP contribution is -2.42. The van der Waals surface area contributed by atoms with Crippen LogP contribution in [0.25, 0.3) is 0 Å². The van der Waals surface area contributed by atoms with Crippen molar-refractivity contribution in [3.8, 4) is 5.88 Å². The Kier molecular flexibility index (Phi) is 4.76. The smallest absolute Gasteiger partial charge is 0.259 e. The average Bonchev–Trinajstić information content (AvgIpc) is 3.37. The number of hydrogen-bond donors (Lipinski definition) is 0. The van der Waals surface area contributed by atoms with Gasteiger partial charge in [0.1, 0.15) is 5.56 Å². The van der Waals surface area contributed by atoms with E-state index >= 15 is 0 Å². The van der Waals surface area contributed by atoms with E-state index in [1.807, 2.05) is 23.6 Å². The number of carbonyl (C=O) groups excluding carboxylic acids is 2. The molecule has 4 rings (SSSR count). The molecule has 0 aromatic carbocycles. The highest BCUT2D eigenvalue weighted by Gasteiger charge is 2.32. The maximum atomic E-state index is 13.1. The van der Waals surface area contributed by atoms with Crippen molar-refractivity contribution in [2.24, 2.45) is 5.92 Å². The molecule has 0 saturated carbocycles. The number of aromatic nitrogens is 1. The second-order valence-electron chi connectivity index (χ2n) is 6.94. The van der Waals surface area contributed by atoms with Crippen molar-refractivity contribution in [3.05, 3.63) is 45.3 Å². The van der Waals surface area contributed by atoms with Gasteiger partial charge in [-0.1, -0.05) is 6.07 Å². The molecule has 2 aliphatic rings. The monoisotopic (exact) mass is 370 g/mol.